The number of para-hydroxylation sites is 2. The third-order valence-electron chi connectivity index (χ3n) is 4.42. The second-order valence-corrected chi connectivity index (χ2v) is 5.76. The van der Waals surface area contributed by atoms with E-state index in [1.54, 1.807) is 0 Å². The van der Waals surface area contributed by atoms with Crippen molar-refractivity contribution in [2.45, 2.75) is 32.6 Å². The fourth-order valence-corrected chi connectivity index (χ4v) is 2.93. The van der Waals surface area contributed by atoms with Gasteiger partial charge in [0.25, 0.3) is 0 Å². The van der Waals surface area contributed by atoms with Gasteiger partial charge < -0.3 is 15.0 Å². The lowest BCUT2D eigenvalue weighted by atomic mass is 9.67. The van der Waals surface area contributed by atoms with Crippen LogP contribution in [-0.2, 0) is 4.74 Å². The maximum atomic E-state index is 5.51. The van der Waals surface area contributed by atoms with Crippen molar-refractivity contribution in [3.8, 4) is 0 Å². The molecule has 0 aliphatic heterocycles. The zero-order valence-corrected chi connectivity index (χ0v) is 12.1. The lowest BCUT2D eigenvalue weighted by Gasteiger charge is -2.42. The molecule has 0 amide bonds. The first-order chi connectivity index (χ1) is 9.81. The summed E-state index contributed by atoms with van der Waals surface area (Å²) in [7, 11) is 0. The van der Waals surface area contributed by atoms with Crippen molar-refractivity contribution < 1.29 is 4.74 Å². The first-order valence-corrected chi connectivity index (χ1v) is 7.58. The number of anilines is 1. The number of hydrogen-bond donors (Lipinski definition) is 2. The third kappa shape index (κ3) is 2.80. The number of fused-ring (bicyclic) bond motifs is 1. The summed E-state index contributed by atoms with van der Waals surface area (Å²) in [6.45, 7) is 4.73. The van der Waals surface area contributed by atoms with Crippen LogP contribution in [0.2, 0.25) is 0 Å². The van der Waals surface area contributed by atoms with E-state index in [0.29, 0.717) is 5.41 Å². The van der Waals surface area contributed by atoms with Gasteiger partial charge in [-0.1, -0.05) is 18.6 Å². The summed E-state index contributed by atoms with van der Waals surface area (Å²) in [4.78, 5) is 7.90. The molecule has 4 nitrogen and oxygen atoms in total. The molecule has 1 aromatic heterocycles. The number of nitrogens with zero attached hydrogens (tertiary/aromatic N) is 1. The molecule has 0 bridgehead atoms. The van der Waals surface area contributed by atoms with E-state index >= 15 is 0 Å². The summed E-state index contributed by atoms with van der Waals surface area (Å²) in [6.07, 6.45) is 5.09. The van der Waals surface area contributed by atoms with Gasteiger partial charge in [-0.15, -0.1) is 0 Å². The van der Waals surface area contributed by atoms with E-state index in [1.165, 1.54) is 19.3 Å². The molecule has 108 valence electrons. The van der Waals surface area contributed by atoms with Gasteiger partial charge in [-0.05, 0) is 43.7 Å². The predicted octanol–water partition coefficient (Wildman–Crippen LogP) is 3.57. The Bertz CT molecular complexity index is 527. The summed E-state index contributed by atoms with van der Waals surface area (Å²) < 4.78 is 5.51. The molecular weight excluding hydrogens is 250 g/mol. The molecule has 0 spiro atoms. The Morgan fingerprint density at radius 2 is 2.20 bits per heavy atom. The van der Waals surface area contributed by atoms with Crippen LogP contribution < -0.4 is 5.32 Å². The second-order valence-electron chi connectivity index (χ2n) is 5.76. The molecule has 1 aliphatic carbocycles. The number of rotatable bonds is 7. The molecule has 0 atom stereocenters. The maximum Gasteiger partial charge on any atom is 0.201 e. The smallest absolute Gasteiger partial charge is 0.201 e. The molecule has 2 N–H and O–H groups in total. The van der Waals surface area contributed by atoms with Crippen molar-refractivity contribution in [1.29, 1.82) is 0 Å². The van der Waals surface area contributed by atoms with E-state index in [1.807, 2.05) is 18.2 Å². The lowest BCUT2D eigenvalue weighted by molar-refractivity contribution is 0.0635. The minimum absolute atomic E-state index is 0.411. The van der Waals surface area contributed by atoms with E-state index in [-0.39, 0.29) is 0 Å². The topological polar surface area (TPSA) is 49.9 Å². The number of imidazole rings is 1. The monoisotopic (exact) mass is 273 g/mol. The number of aromatic amines is 1. The van der Waals surface area contributed by atoms with Crippen LogP contribution in [0.3, 0.4) is 0 Å². The molecule has 1 aliphatic rings. The van der Waals surface area contributed by atoms with Gasteiger partial charge in [0, 0.05) is 19.8 Å². The Morgan fingerprint density at radius 3 is 2.90 bits per heavy atom. The molecule has 1 aromatic carbocycles. The van der Waals surface area contributed by atoms with E-state index in [9.17, 15) is 0 Å². The fourth-order valence-electron chi connectivity index (χ4n) is 2.93. The highest BCUT2D eigenvalue weighted by Gasteiger charge is 2.36. The Hall–Kier alpha value is -1.55. The first kappa shape index (κ1) is 13.4. The summed E-state index contributed by atoms with van der Waals surface area (Å²) in [5, 5.41) is 3.48. The highest BCUT2D eigenvalue weighted by molar-refractivity contribution is 5.77. The number of hydrogen-bond acceptors (Lipinski definition) is 3. The Labute approximate surface area is 119 Å². The van der Waals surface area contributed by atoms with E-state index < -0.39 is 0 Å². The highest BCUT2D eigenvalue weighted by atomic mass is 16.5. The van der Waals surface area contributed by atoms with Crippen LogP contribution in [0.15, 0.2) is 24.3 Å². The highest BCUT2D eigenvalue weighted by Crippen LogP contribution is 2.43. The van der Waals surface area contributed by atoms with Gasteiger partial charge >= 0.3 is 0 Å². The molecule has 1 fully saturated rings. The van der Waals surface area contributed by atoms with E-state index in [2.05, 4.69) is 28.3 Å². The number of ether oxygens (including phenoxy) is 1. The van der Waals surface area contributed by atoms with Crippen LogP contribution in [0.1, 0.15) is 32.6 Å². The molecule has 1 saturated carbocycles. The summed E-state index contributed by atoms with van der Waals surface area (Å²) >= 11 is 0. The van der Waals surface area contributed by atoms with E-state index in [4.69, 9.17) is 4.74 Å². The zero-order chi connectivity index (χ0) is 13.8. The molecule has 4 heteroatoms. The van der Waals surface area contributed by atoms with Crippen molar-refractivity contribution in [1.82, 2.24) is 9.97 Å². The molecule has 0 unspecified atom stereocenters. The maximum absolute atomic E-state index is 5.51. The average Bonchev–Trinajstić information content (AvgIpc) is 2.83. The molecule has 3 rings (SSSR count). The Balaban J connectivity index is 1.59. The van der Waals surface area contributed by atoms with Crippen molar-refractivity contribution >= 4 is 17.0 Å². The molecule has 1 heterocycles. The number of nitrogens with one attached hydrogen (secondary N) is 2. The minimum atomic E-state index is 0.411. The van der Waals surface area contributed by atoms with Gasteiger partial charge in [0.05, 0.1) is 11.0 Å². The van der Waals surface area contributed by atoms with Gasteiger partial charge in [-0.2, -0.15) is 0 Å². The van der Waals surface area contributed by atoms with Crippen LogP contribution in [0.5, 0.6) is 0 Å². The van der Waals surface area contributed by atoms with Crippen molar-refractivity contribution in [2.75, 3.05) is 25.1 Å². The summed E-state index contributed by atoms with van der Waals surface area (Å²) in [5.41, 5.74) is 2.52. The predicted molar refractivity (Wildman–Crippen MR) is 82.0 cm³/mol. The van der Waals surface area contributed by atoms with Crippen LogP contribution >= 0.6 is 0 Å². The molecule has 20 heavy (non-hydrogen) atoms. The van der Waals surface area contributed by atoms with Crippen LogP contribution in [0, 0.1) is 5.41 Å². The largest absolute Gasteiger partial charge is 0.382 e. The van der Waals surface area contributed by atoms with Gasteiger partial charge in [0.2, 0.25) is 5.95 Å². The number of aromatic nitrogens is 2. The third-order valence-corrected chi connectivity index (χ3v) is 4.42. The first-order valence-electron chi connectivity index (χ1n) is 7.58. The second kappa shape index (κ2) is 5.83. The van der Waals surface area contributed by atoms with E-state index in [0.717, 1.165) is 43.2 Å². The SMILES string of the molecule is CCOCCC1(CNc2nc3ccccc3[nH]2)CCC1. The lowest BCUT2D eigenvalue weighted by Crippen LogP contribution is -2.37. The summed E-state index contributed by atoms with van der Waals surface area (Å²) in [6, 6.07) is 8.13. The number of benzene rings is 1. The standard InChI is InChI=1S/C16H23N3O/c1-2-20-11-10-16(8-5-9-16)12-17-15-18-13-6-3-4-7-14(13)19-15/h3-4,6-7H,2,5,8-12H2,1H3,(H2,17,18,19). The van der Waals surface area contributed by atoms with Gasteiger partial charge in [0.15, 0.2) is 0 Å². The number of H-pyrrole nitrogens is 1. The molecule has 0 radical (unpaired) electrons. The Kier molecular flexibility index (Phi) is 3.92. The molecule has 2 aromatic rings. The minimum Gasteiger partial charge on any atom is -0.382 e. The van der Waals surface area contributed by atoms with Gasteiger partial charge in [0.1, 0.15) is 0 Å². The zero-order valence-electron chi connectivity index (χ0n) is 12.1. The quantitative estimate of drug-likeness (QED) is 0.758. The average molecular weight is 273 g/mol. The Morgan fingerprint density at radius 1 is 1.35 bits per heavy atom. The van der Waals surface area contributed by atoms with Crippen LogP contribution in [0.4, 0.5) is 5.95 Å². The van der Waals surface area contributed by atoms with Crippen molar-refractivity contribution in [3.05, 3.63) is 24.3 Å². The van der Waals surface area contributed by atoms with Crippen molar-refractivity contribution in [3.63, 3.8) is 0 Å². The van der Waals surface area contributed by atoms with Crippen LogP contribution in [0.25, 0.3) is 11.0 Å². The van der Waals surface area contributed by atoms with Gasteiger partial charge in [-0.25, -0.2) is 4.98 Å². The van der Waals surface area contributed by atoms with Gasteiger partial charge in [-0.3, -0.25) is 0 Å². The van der Waals surface area contributed by atoms with Crippen molar-refractivity contribution in [2.24, 2.45) is 5.41 Å². The normalized spacial score (nSPS) is 17.1. The van der Waals surface area contributed by atoms with Crippen LogP contribution in [-0.4, -0.2) is 29.7 Å². The molecular formula is C16H23N3O. The summed E-state index contributed by atoms with van der Waals surface area (Å²) in [5.74, 6) is 0.883. The fraction of sp³-hybridized carbons (Fsp3) is 0.562. The molecule has 0 saturated heterocycles.